The highest BCUT2D eigenvalue weighted by Crippen LogP contribution is 2.18. The molecule has 0 N–H and O–H groups in total. The number of carbonyl (C=O) groups excluding carboxylic acids is 1. The van der Waals surface area contributed by atoms with Crippen molar-refractivity contribution in [1.29, 1.82) is 0 Å². The minimum Gasteiger partial charge on any atom is -0.352 e. The first kappa shape index (κ1) is 20.8. The molecule has 0 unspecified atom stereocenters. The fraction of sp³-hybridized carbons (Fsp3) is 0.320. The van der Waals surface area contributed by atoms with E-state index in [1.54, 1.807) is 12.1 Å². The van der Waals surface area contributed by atoms with E-state index < -0.39 is 0 Å². The van der Waals surface area contributed by atoms with Crippen molar-refractivity contribution in [2.24, 2.45) is 0 Å². The van der Waals surface area contributed by atoms with Gasteiger partial charge in [0.15, 0.2) is 0 Å². The molecule has 31 heavy (non-hydrogen) atoms. The van der Waals surface area contributed by atoms with Gasteiger partial charge in [0.1, 0.15) is 5.82 Å². The molecule has 4 rings (SSSR count). The van der Waals surface area contributed by atoms with E-state index in [1.807, 2.05) is 60.4 Å². The molecule has 160 valence electrons. The number of piperazine rings is 1. The van der Waals surface area contributed by atoms with Gasteiger partial charge in [-0.3, -0.25) is 9.59 Å². The van der Waals surface area contributed by atoms with Crippen LogP contribution in [0, 0.1) is 6.92 Å². The Balaban J connectivity index is 1.48. The van der Waals surface area contributed by atoms with Gasteiger partial charge in [0.2, 0.25) is 0 Å². The van der Waals surface area contributed by atoms with Crippen molar-refractivity contribution >= 4 is 11.7 Å². The van der Waals surface area contributed by atoms with E-state index in [4.69, 9.17) is 0 Å². The number of carbonyl (C=O) groups is 1. The fourth-order valence-electron chi connectivity index (χ4n) is 3.85. The molecule has 1 fully saturated rings. The molecular formula is C25H28N4O2. The normalized spacial score (nSPS) is 14.2. The number of rotatable bonds is 4. The van der Waals surface area contributed by atoms with Crippen LogP contribution in [0.4, 0.5) is 5.82 Å². The molecule has 1 aliphatic heterocycles. The van der Waals surface area contributed by atoms with E-state index in [0.29, 0.717) is 32.1 Å². The number of aromatic nitrogens is 2. The molecule has 1 aromatic heterocycles. The summed E-state index contributed by atoms with van der Waals surface area (Å²) in [4.78, 5) is 29.2. The summed E-state index contributed by atoms with van der Waals surface area (Å²) >= 11 is 0. The third kappa shape index (κ3) is 4.53. The summed E-state index contributed by atoms with van der Waals surface area (Å²) in [5.74, 6) is 1.24. The molecule has 0 radical (unpaired) electrons. The average Bonchev–Trinajstić information content (AvgIpc) is 2.79. The third-order valence-electron chi connectivity index (χ3n) is 5.75. The lowest BCUT2D eigenvalue weighted by molar-refractivity contribution is 0.0746. The maximum Gasteiger partial charge on any atom is 0.271 e. The van der Waals surface area contributed by atoms with Crippen LogP contribution in [0.25, 0.3) is 5.69 Å². The van der Waals surface area contributed by atoms with Crippen LogP contribution in [-0.4, -0.2) is 46.8 Å². The summed E-state index contributed by atoms with van der Waals surface area (Å²) in [6, 6.07) is 19.0. The molecule has 1 amide bonds. The van der Waals surface area contributed by atoms with Gasteiger partial charge in [-0.2, -0.15) is 4.68 Å². The summed E-state index contributed by atoms with van der Waals surface area (Å²) in [5.41, 5.74) is 3.63. The second kappa shape index (κ2) is 8.76. The van der Waals surface area contributed by atoms with Gasteiger partial charge < -0.3 is 9.80 Å². The highest BCUT2D eigenvalue weighted by Gasteiger charge is 2.23. The Bertz CT molecular complexity index is 1130. The SMILES string of the molecule is Cc1cccc(C(=O)N2CCN(c3ccc(=O)n(-c4ccc(C(C)C)cc4)n3)CC2)c1. The van der Waals surface area contributed by atoms with Crippen LogP contribution in [-0.2, 0) is 0 Å². The smallest absolute Gasteiger partial charge is 0.271 e. The number of hydrogen-bond acceptors (Lipinski definition) is 4. The first-order valence-corrected chi connectivity index (χ1v) is 10.7. The average molecular weight is 417 g/mol. The van der Waals surface area contributed by atoms with Crippen LogP contribution in [0.15, 0.2) is 65.5 Å². The van der Waals surface area contributed by atoms with Crippen molar-refractivity contribution in [3.05, 3.63) is 87.7 Å². The Hall–Kier alpha value is -3.41. The van der Waals surface area contributed by atoms with Crippen molar-refractivity contribution in [3.8, 4) is 5.69 Å². The van der Waals surface area contributed by atoms with Crippen molar-refractivity contribution in [3.63, 3.8) is 0 Å². The van der Waals surface area contributed by atoms with Gasteiger partial charge in [-0.15, -0.1) is 5.10 Å². The van der Waals surface area contributed by atoms with E-state index in [1.165, 1.54) is 10.2 Å². The van der Waals surface area contributed by atoms with Gasteiger partial charge in [0, 0.05) is 37.8 Å². The minimum atomic E-state index is -0.158. The highest BCUT2D eigenvalue weighted by atomic mass is 16.2. The van der Waals surface area contributed by atoms with Crippen LogP contribution in [0.3, 0.4) is 0 Å². The first-order chi connectivity index (χ1) is 14.9. The van der Waals surface area contributed by atoms with E-state index in [2.05, 4.69) is 23.8 Å². The number of amides is 1. The van der Waals surface area contributed by atoms with Crippen molar-refractivity contribution in [2.45, 2.75) is 26.7 Å². The van der Waals surface area contributed by atoms with Crippen LogP contribution < -0.4 is 10.5 Å². The predicted molar refractivity (Wildman–Crippen MR) is 123 cm³/mol. The molecular weight excluding hydrogens is 388 g/mol. The minimum absolute atomic E-state index is 0.0616. The van der Waals surface area contributed by atoms with Gasteiger partial charge in [0.25, 0.3) is 11.5 Å². The zero-order chi connectivity index (χ0) is 22.0. The van der Waals surface area contributed by atoms with E-state index in [9.17, 15) is 9.59 Å². The zero-order valence-electron chi connectivity index (χ0n) is 18.3. The molecule has 0 saturated carbocycles. The molecule has 6 nitrogen and oxygen atoms in total. The fourth-order valence-corrected chi connectivity index (χ4v) is 3.85. The maximum atomic E-state index is 12.8. The number of hydrogen-bond donors (Lipinski definition) is 0. The van der Waals surface area contributed by atoms with Crippen LogP contribution in [0.1, 0.15) is 41.3 Å². The summed E-state index contributed by atoms with van der Waals surface area (Å²) < 4.78 is 1.45. The topological polar surface area (TPSA) is 58.4 Å². The lowest BCUT2D eigenvalue weighted by Gasteiger charge is -2.35. The number of benzene rings is 2. The molecule has 2 heterocycles. The quantitative estimate of drug-likeness (QED) is 0.652. The van der Waals surface area contributed by atoms with Crippen LogP contribution >= 0.6 is 0 Å². The Morgan fingerprint density at radius 1 is 0.935 bits per heavy atom. The first-order valence-electron chi connectivity index (χ1n) is 10.7. The molecule has 0 spiro atoms. The van der Waals surface area contributed by atoms with Gasteiger partial charge in [-0.05, 0) is 48.7 Å². The number of anilines is 1. The maximum absolute atomic E-state index is 12.8. The predicted octanol–water partition coefficient (Wildman–Crippen LogP) is 3.63. The summed E-state index contributed by atoms with van der Waals surface area (Å²) in [7, 11) is 0. The molecule has 3 aromatic rings. The number of aryl methyl sites for hydroxylation is 1. The van der Waals surface area contributed by atoms with E-state index in [0.717, 1.165) is 22.6 Å². The van der Waals surface area contributed by atoms with Crippen molar-refractivity contribution in [1.82, 2.24) is 14.7 Å². The zero-order valence-corrected chi connectivity index (χ0v) is 18.3. The molecule has 1 aliphatic rings. The summed E-state index contributed by atoms with van der Waals surface area (Å²) in [6.07, 6.45) is 0. The van der Waals surface area contributed by atoms with E-state index in [-0.39, 0.29) is 11.5 Å². The lowest BCUT2D eigenvalue weighted by Crippen LogP contribution is -2.49. The molecule has 2 aromatic carbocycles. The second-order valence-corrected chi connectivity index (χ2v) is 8.34. The number of nitrogens with zero attached hydrogens (tertiary/aromatic N) is 4. The van der Waals surface area contributed by atoms with Crippen molar-refractivity contribution < 1.29 is 4.79 Å². The molecule has 1 saturated heterocycles. The monoisotopic (exact) mass is 416 g/mol. The summed E-state index contributed by atoms with van der Waals surface area (Å²) in [5, 5.41) is 4.61. The van der Waals surface area contributed by atoms with Gasteiger partial charge in [-0.25, -0.2) is 0 Å². The molecule has 0 atom stereocenters. The van der Waals surface area contributed by atoms with Gasteiger partial charge in [-0.1, -0.05) is 43.7 Å². The Morgan fingerprint density at radius 3 is 2.29 bits per heavy atom. The van der Waals surface area contributed by atoms with Gasteiger partial charge in [0.05, 0.1) is 5.69 Å². The third-order valence-corrected chi connectivity index (χ3v) is 5.75. The van der Waals surface area contributed by atoms with Gasteiger partial charge >= 0.3 is 0 Å². The van der Waals surface area contributed by atoms with E-state index >= 15 is 0 Å². The Kier molecular flexibility index (Phi) is 5.89. The molecule has 6 heteroatoms. The molecule has 0 aliphatic carbocycles. The lowest BCUT2D eigenvalue weighted by atomic mass is 10.0. The summed E-state index contributed by atoms with van der Waals surface area (Å²) in [6.45, 7) is 8.87. The Morgan fingerprint density at radius 2 is 1.65 bits per heavy atom. The Labute approximate surface area is 182 Å². The molecule has 0 bridgehead atoms. The van der Waals surface area contributed by atoms with Crippen LogP contribution in [0.5, 0.6) is 0 Å². The standard InChI is InChI=1S/C25H28N4O2/c1-18(2)20-7-9-22(10-8-20)29-24(30)12-11-23(26-29)27-13-15-28(16-14-27)25(31)21-6-4-5-19(3)17-21/h4-12,17-18H,13-16H2,1-3H3. The van der Waals surface area contributed by atoms with Crippen molar-refractivity contribution in [2.75, 3.05) is 31.1 Å². The van der Waals surface area contributed by atoms with Crippen LogP contribution in [0.2, 0.25) is 0 Å². The highest BCUT2D eigenvalue weighted by molar-refractivity contribution is 5.94. The second-order valence-electron chi connectivity index (χ2n) is 8.34. The largest absolute Gasteiger partial charge is 0.352 e.